The molecule has 126 valence electrons. The van der Waals surface area contributed by atoms with Gasteiger partial charge in [-0.1, -0.05) is 0 Å². The maximum atomic E-state index is 12.9. The molecule has 0 aliphatic heterocycles. The molecule has 0 amide bonds. The summed E-state index contributed by atoms with van der Waals surface area (Å²) in [6, 6.07) is 2.78. The summed E-state index contributed by atoms with van der Waals surface area (Å²) < 4.78 is 88.7. The molecule has 3 rings (SSSR count). The molecule has 0 fully saturated rings. The SMILES string of the molecule is [2H]C([2H])([2H])Oc1ccc2[nH]c([S+]([O-])Cc3ncc(C([2H])([2H])[2H])c(OC([2H])([2H])[2H])c3C)nc2n1. The molecule has 0 aliphatic rings. The van der Waals surface area contributed by atoms with Crippen LogP contribution < -0.4 is 9.47 Å². The zero-order chi connectivity index (χ0) is 24.8. The van der Waals surface area contributed by atoms with E-state index in [2.05, 4.69) is 19.9 Å². The molecule has 1 N–H and O–H groups in total. The van der Waals surface area contributed by atoms with Crippen LogP contribution in [0.3, 0.4) is 0 Å². The number of pyridine rings is 2. The number of ether oxygens (including phenoxy) is 2. The van der Waals surface area contributed by atoms with Gasteiger partial charge in [0.25, 0.3) is 0 Å². The Morgan fingerprint density at radius 3 is 2.96 bits per heavy atom. The van der Waals surface area contributed by atoms with Crippen molar-refractivity contribution in [1.82, 2.24) is 19.9 Å². The fourth-order valence-corrected chi connectivity index (χ4v) is 3.21. The third-order valence-corrected chi connectivity index (χ3v) is 4.52. The minimum atomic E-state index is -2.90. The first kappa shape index (κ1) is 8.68. The lowest BCUT2D eigenvalue weighted by molar-refractivity contribution is 0.399. The molecule has 3 heterocycles. The molecular formula is C16H18N4O3S. The van der Waals surface area contributed by atoms with Crippen LogP contribution in [0.5, 0.6) is 11.6 Å². The number of hydrogen-bond acceptors (Lipinski definition) is 6. The standard InChI is InChI=1S/C16H18N4O3S/c1-9-7-17-12(10(2)14(9)23-4)8-24(21)16-18-11-5-6-13(22-3)19-15(11)20-16/h5-7H,8H2,1-4H3,(H,18,19,20)/i1D3,3D3,4D3. The number of H-pyrrole nitrogens is 1. The summed E-state index contributed by atoms with van der Waals surface area (Å²) in [5, 5.41) is 0.00270. The van der Waals surface area contributed by atoms with Crippen molar-refractivity contribution < 1.29 is 26.4 Å². The van der Waals surface area contributed by atoms with Crippen LogP contribution in [0.1, 0.15) is 29.2 Å². The first-order valence-corrected chi connectivity index (χ1v) is 7.97. The van der Waals surface area contributed by atoms with Gasteiger partial charge in [-0.25, -0.2) is 0 Å². The van der Waals surface area contributed by atoms with Crippen molar-refractivity contribution in [3.8, 4) is 11.6 Å². The van der Waals surface area contributed by atoms with Crippen LogP contribution in [0, 0.1) is 13.8 Å². The van der Waals surface area contributed by atoms with Crippen LogP contribution in [-0.4, -0.2) is 38.6 Å². The highest BCUT2D eigenvalue weighted by Gasteiger charge is 2.21. The number of nitrogens with one attached hydrogen (secondary N) is 1. The van der Waals surface area contributed by atoms with E-state index in [1.165, 1.54) is 19.1 Å². The number of nitrogens with zero attached hydrogens (tertiary/aromatic N) is 3. The molecule has 24 heavy (non-hydrogen) atoms. The zero-order valence-corrected chi connectivity index (χ0v) is 13.2. The van der Waals surface area contributed by atoms with Gasteiger partial charge in [-0.15, -0.1) is 0 Å². The van der Waals surface area contributed by atoms with Gasteiger partial charge in [0.15, 0.2) is 11.4 Å². The Morgan fingerprint density at radius 1 is 1.29 bits per heavy atom. The number of aromatic nitrogens is 4. The second-order valence-electron chi connectivity index (χ2n) is 4.83. The fourth-order valence-electron chi connectivity index (χ4n) is 2.12. The number of methoxy groups -OCH3 is 2. The quantitative estimate of drug-likeness (QED) is 0.706. The normalized spacial score (nSPS) is 19.5. The summed E-state index contributed by atoms with van der Waals surface area (Å²) >= 11 is -1.82. The number of hydrogen-bond donors (Lipinski definition) is 1. The summed E-state index contributed by atoms with van der Waals surface area (Å²) in [5.41, 5.74) is 0.357. The van der Waals surface area contributed by atoms with Gasteiger partial charge in [-0.3, -0.25) is 9.97 Å². The smallest absolute Gasteiger partial charge is 0.323 e. The van der Waals surface area contributed by atoms with Crippen molar-refractivity contribution in [2.24, 2.45) is 0 Å². The molecule has 8 heteroatoms. The molecular weight excluding hydrogens is 328 g/mol. The van der Waals surface area contributed by atoms with Crippen molar-refractivity contribution >= 4 is 22.3 Å². The van der Waals surface area contributed by atoms with Gasteiger partial charge in [0, 0.05) is 38.7 Å². The van der Waals surface area contributed by atoms with Crippen LogP contribution in [-0.2, 0) is 16.9 Å². The van der Waals surface area contributed by atoms with Gasteiger partial charge in [0.2, 0.25) is 5.88 Å². The maximum Gasteiger partial charge on any atom is 0.323 e. The molecule has 0 aliphatic carbocycles. The first-order valence-electron chi connectivity index (χ1n) is 11.2. The summed E-state index contributed by atoms with van der Waals surface area (Å²) in [4.78, 5) is 14.9. The van der Waals surface area contributed by atoms with Crippen molar-refractivity contribution in [2.75, 3.05) is 14.1 Å². The van der Waals surface area contributed by atoms with E-state index in [0.717, 1.165) is 6.20 Å². The molecule has 0 bridgehead atoms. The van der Waals surface area contributed by atoms with Crippen LogP contribution >= 0.6 is 0 Å². The lowest BCUT2D eigenvalue weighted by Crippen LogP contribution is -2.10. The van der Waals surface area contributed by atoms with E-state index in [0.29, 0.717) is 5.52 Å². The van der Waals surface area contributed by atoms with Gasteiger partial charge >= 0.3 is 5.16 Å². The Hall–Kier alpha value is -2.32. The van der Waals surface area contributed by atoms with E-state index in [9.17, 15) is 4.55 Å². The van der Waals surface area contributed by atoms with Crippen molar-refractivity contribution in [3.63, 3.8) is 0 Å². The number of fused-ring (bicyclic) bond motifs is 1. The van der Waals surface area contributed by atoms with Crippen LogP contribution in [0.4, 0.5) is 0 Å². The van der Waals surface area contributed by atoms with Crippen LogP contribution in [0.15, 0.2) is 23.5 Å². The van der Waals surface area contributed by atoms with Gasteiger partial charge < -0.3 is 14.0 Å². The number of rotatable bonds is 5. The highest BCUT2D eigenvalue weighted by Crippen LogP contribution is 2.26. The van der Waals surface area contributed by atoms with Crippen molar-refractivity contribution in [1.29, 1.82) is 0 Å². The lowest BCUT2D eigenvalue weighted by Gasteiger charge is -2.13. The largest absolute Gasteiger partial charge is 0.609 e. The van der Waals surface area contributed by atoms with Crippen molar-refractivity contribution in [3.05, 3.63) is 35.2 Å². The van der Waals surface area contributed by atoms with E-state index >= 15 is 0 Å². The molecule has 0 aromatic carbocycles. The summed E-state index contributed by atoms with van der Waals surface area (Å²) in [6.45, 7) is -1.25. The Kier molecular flexibility index (Phi) is 2.41. The van der Waals surface area contributed by atoms with E-state index in [4.69, 9.17) is 21.8 Å². The topological polar surface area (TPSA) is 96.0 Å². The molecule has 7 nitrogen and oxygen atoms in total. The first-order chi connectivity index (χ1) is 15.0. The molecule has 0 radical (unpaired) electrons. The molecule has 0 saturated carbocycles. The monoisotopic (exact) mass is 355 g/mol. The van der Waals surface area contributed by atoms with Gasteiger partial charge in [-0.2, -0.15) is 9.97 Å². The highest BCUT2D eigenvalue weighted by molar-refractivity contribution is 7.90. The minimum Gasteiger partial charge on any atom is -0.609 e. The van der Waals surface area contributed by atoms with Crippen LogP contribution in [0.25, 0.3) is 11.2 Å². The van der Waals surface area contributed by atoms with E-state index in [1.54, 1.807) is 0 Å². The summed E-state index contributed by atoms with van der Waals surface area (Å²) in [6.07, 6.45) is 0.978. The second kappa shape index (κ2) is 6.66. The average molecular weight is 355 g/mol. The third kappa shape index (κ3) is 3.02. The summed E-state index contributed by atoms with van der Waals surface area (Å²) in [5.74, 6) is -0.784. The average Bonchev–Trinajstić information content (AvgIpc) is 3.05. The number of aromatic amines is 1. The molecule has 3 aromatic rings. The maximum absolute atomic E-state index is 12.9. The molecule has 3 aromatic heterocycles. The third-order valence-electron chi connectivity index (χ3n) is 3.36. The molecule has 0 spiro atoms. The fraction of sp³-hybridized carbons (Fsp3) is 0.312. The number of imidazole rings is 1. The number of aryl methyl sites for hydroxylation is 1. The Morgan fingerprint density at radius 2 is 2.17 bits per heavy atom. The molecule has 1 atom stereocenters. The van der Waals surface area contributed by atoms with Gasteiger partial charge in [0.1, 0.15) is 5.75 Å². The lowest BCUT2D eigenvalue weighted by atomic mass is 10.1. The Bertz CT molecular complexity index is 1160. The van der Waals surface area contributed by atoms with Crippen molar-refractivity contribution in [2.45, 2.75) is 24.7 Å². The van der Waals surface area contributed by atoms with E-state index in [-0.39, 0.29) is 45.0 Å². The van der Waals surface area contributed by atoms with Crippen LogP contribution in [0.2, 0.25) is 0 Å². The zero-order valence-electron chi connectivity index (χ0n) is 21.4. The summed E-state index contributed by atoms with van der Waals surface area (Å²) in [7, 11) is -5.59. The molecule has 1 unspecified atom stereocenters. The Balaban J connectivity index is 1.91. The molecule has 0 saturated heterocycles. The van der Waals surface area contributed by atoms with Gasteiger partial charge in [-0.05, 0) is 19.8 Å². The van der Waals surface area contributed by atoms with E-state index < -0.39 is 32.1 Å². The van der Waals surface area contributed by atoms with Gasteiger partial charge in [0.05, 0.1) is 33.5 Å². The van der Waals surface area contributed by atoms with E-state index in [1.807, 2.05) is 0 Å². The predicted molar refractivity (Wildman–Crippen MR) is 90.8 cm³/mol. The predicted octanol–water partition coefficient (Wildman–Crippen LogP) is 2.29. The Labute approximate surface area is 155 Å². The highest BCUT2D eigenvalue weighted by atomic mass is 32.2. The second-order valence-corrected chi connectivity index (χ2v) is 6.20. The minimum absolute atomic E-state index is 0.00270.